The van der Waals surface area contributed by atoms with Crippen LogP contribution in [-0.4, -0.2) is 36.3 Å². The van der Waals surface area contributed by atoms with E-state index >= 15 is 0 Å². The van der Waals surface area contributed by atoms with Crippen LogP contribution in [0.1, 0.15) is 43.5 Å². The maximum Gasteiger partial charge on any atom is 0.279 e. The number of hydrogen-bond acceptors (Lipinski definition) is 4. The van der Waals surface area contributed by atoms with Crippen LogP contribution in [-0.2, 0) is 16.6 Å². The minimum absolute atomic E-state index is 0.133. The molecule has 1 fully saturated rings. The molecule has 1 saturated heterocycles. The van der Waals surface area contributed by atoms with Crippen molar-refractivity contribution in [2.24, 2.45) is 10.9 Å². The normalized spacial score (nSPS) is 18.2. The van der Waals surface area contributed by atoms with E-state index in [0.717, 1.165) is 30.2 Å². The van der Waals surface area contributed by atoms with Crippen LogP contribution in [0.15, 0.2) is 46.3 Å². The molecule has 0 spiro atoms. The number of nitrogens with zero attached hydrogens (tertiary/aromatic N) is 3. The van der Waals surface area contributed by atoms with Crippen molar-refractivity contribution in [3.63, 3.8) is 0 Å². The number of carbonyl (C=O) groups is 1. The van der Waals surface area contributed by atoms with Crippen LogP contribution in [0.4, 0.5) is 8.78 Å². The van der Waals surface area contributed by atoms with E-state index in [4.69, 9.17) is 0 Å². The first kappa shape index (κ1) is 23.7. The van der Waals surface area contributed by atoms with Gasteiger partial charge in [0.05, 0.1) is 15.1 Å². The van der Waals surface area contributed by atoms with Gasteiger partial charge >= 0.3 is 0 Å². The van der Waals surface area contributed by atoms with Gasteiger partial charge in [0.2, 0.25) is 10.0 Å². The lowest BCUT2D eigenvalue weighted by atomic mass is 10.0. The molecule has 2 heterocycles. The number of sulfonamides is 1. The average Bonchev–Trinajstić information content (AvgIpc) is 3.11. The molecule has 0 bridgehead atoms. The van der Waals surface area contributed by atoms with Crippen LogP contribution in [0.5, 0.6) is 0 Å². The largest absolute Gasteiger partial charge is 0.314 e. The molecule has 0 N–H and O–H groups in total. The quantitative estimate of drug-likeness (QED) is 0.523. The molecule has 1 aliphatic rings. The fraction of sp³-hybridized carbons (Fsp3) is 0.391. The number of thiazole rings is 1. The molecule has 3 aromatic rings. The minimum atomic E-state index is -3.62. The predicted molar refractivity (Wildman–Crippen MR) is 124 cm³/mol. The fourth-order valence-corrected chi connectivity index (χ4v) is 6.77. The Labute approximate surface area is 195 Å². The van der Waals surface area contributed by atoms with E-state index in [1.807, 2.05) is 13.8 Å². The molecule has 2 aromatic carbocycles. The van der Waals surface area contributed by atoms with Crippen LogP contribution in [0, 0.1) is 17.6 Å². The molecule has 1 atom stereocenters. The number of halogens is 2. The predicted octanol–water partition coefficient (Wildman–Crippen LogP) is 4.55. The Bertz CT molecular complexity index is 1360. The van der Waals surface area contributed by atoms with Gasteiger partial charge in [0.25, 0.3) is 5.91 Å². The Balaban J connectivity index is 1.66. The maximum absolute atomic E-state index is 14.4. The number of carbonyl (C=O) groups excluding carboxylic acids is 1. The molecule has 6 nitrogen and oxygen atoms in total. The molecule has 1 unspecified atom stereocenters. The minimum Gasteiger partial charge on any atom is -0.314 e. The molecular weight excluding hydrogens is 468 g/mol. The van der Waals surface area contributed by atoms with Crippen LogP contribution in [0.25, 0.3) is 10.2 Å². The van der Waals surface area contributed by atoms with E-state index in [2.05, 4.69) is 4.99 Å². The van der Waals surface area contributed by atoms with Crippen molar-refractivity contribution in [3.8, 4) is 0 Å². The molecule has 1 aliphatic heterocycles. The number of amides is 1. The second-order valence-corrected chi connectivity index (χ2v) is 11.3. The van der Waals surface area contributed by atoms with Gasteiger partial charge < -0.3 is 4.57 Å². The first-order valence-corrected chi connectivity index (χ1v) is 13.1. The van der Waals surface area contributed by atoms with E-state index in [-0.39, 0.29) is 20.8 Å². The summed E-state index contributed by atoms with van der Waals surface area (Å²) >= 11 is 1.03. The van der Waals surface area contributed by atoms with E-state index in [1.165, 1.54) is 34.6 Å². The topological polar surface area (TPSA) is 71.7 Å². The molecule has 0 radical (unpaired) electrons. The zero-order chi connectivity index (χ0) is 23.8. The van der Waals surface area contributed by atoms with Crippen molar-refractivity contribution in [2.45, 2.75) is 44.6 Å². The first-order valence-electron chi connectivity index (χ1n) is 10.9. The number of hydrogen-bond donors (Lipinski definition) is 0. The van der Waals surface area contributed by atoms with Gasteiger partial charge in [-0.3, -0.25) is 4.79 Å². The van der Waals surface area contributed by atoms with E-state index < -0.39 is 27.6 Å². The summed E-state index contributed by atoms with van der Waals surface area (Å²) in [5.74, 6) is -1.67. The lowest BCUT2D eigenvalue weighted by Crippen LogP contribution is -2.39. The fourth-order valence-electron chi connectivity index (χ4n) is 4.08. The Kier molecular flexibility index (Phi) is 6.78. The van der Waals surface area contributed by atoms with E-state index in [1.54, 1.807) is 4.57 Å². The third-order valence-electron chi connectivity index (χ3n) is 5.70. The zero-order valence-electron chi connectivity index (χ0n) is 18.4. The Morgan fingerprint density at radius 1 is 1.21 bits per heavy atom. The third-order valence-corrected chi connectivity index (χ3v) is 8.60. The summed E-state index contributed by atoms with van der Waals surface area (Å²) in [5.41, 5.74) is 0.431. The first-order chi connectivity index (χ1) is 15.7. The van der Waals surface area contributed by atoms with E-state index in [0.29, 0.717) is 36.7 Å². The second kappa shape index (κ2) is 9.44. The van der Waals surface area contributed by atoms with Crippen molar-refractivity contribution in [3.05, 3.63) is 58.4 Å². The van der Waals surface area contributed by atoms with Gasteiger partial charge in [-0.25, -0.2) is 17.2 Å². The molecule has 0 aliphatic carbocycles. The highest BCUT2D eigenvalue weighted by molar-refractivity contribution is 7.89. The highest BCUT2D eigenvalue weighted by Gasteiger charge is 2.28. The Morgan fingerprint density at radius 3 is 2.61 bits per heavy atom. The van der Waals surface area contributed by atoms with Gasteiger partial charge in [0.1, 0.15) is 5.82 Å². The van der Waals surface area contributed by atoms with Crippen molar-refractivity contribution >= 4 is 37.5 Å². The van der Waals surface area contributed by atoms with Gasteiger partial charge in [0.15, 0.2) is 10.6 Å². The standard InChI is InChI=1S/C23H25F2N3O3S2/c1-3-10-28-21-19(25)12-17(24)13-20(21)32-23(28)26-22(29)16-6-8-18(9-7-16)33(30,31)27-11-4-5-15(2)14-27/h6-9,12-13,15H,3-5,10-11,14H2,1-2H3. The average molecular weight is 494 g/mol. The van der Waals surface area contributed by atoms with Crippen LogP contribution < -0.4 is 4.80 Å². The van der Waals surface area contributed by atoms with Crippen molar-refractivity contribution in [1.82, 2.24) is 8.87 Å². The number of aryl methyl sites for hydroxylation is 1. The van der Waals surface area contributed by atoms with Crippen LogP contribution in [0.3, 0.4) is 0 Å². The molecule has 1 aromatic heterocycles. The van der Waals surface area contributed by atoms with Crippen molar-refractivity contribution < 1.29 is 22.0 Å². The smallest absolute Gasteiger partial charge is 0.279 e. The number of fused-ring (bicyclic) bond motifs is 1. The summed E-state index contributed by atoms with van der Waals surface area (Å²) in [7, 11) is -3.62. The maximum atomic E-state index is 14.4. The number of aromatic nitrogens is 1. The molecular formula is C23H25F2N3O3S2. The summed E-state index contributed by atoms with van der Waals surface area (Å²) < 4.78 is 57.3. The molecule has 176 valence electrons. The highest BCUT2D eigenvalue weighted by Crippen LogP contribution is 2.25. The summed E-state index contributed by atoms with van der Waals surface area (Å²) in [4.78, 5) is 17.3. The monoisotopic (exact) mass is 493 g/mol. The number of rotatable bonds is 5. The van der Waals surface area contributed by atoms with Crippen molar-refractivity contribution in [1.29, 1.82) is 0 Å². The third kappa shape index (κ3) is 4.78. The molecule has 10 heteroatoms. The van der Waals surface area contributed by atoms with Crippen LogP contribution >= 0.6 is 11.3 Å². The van der Waals surface area contributed by atoms with Gasteiger partial charge in [0, 0.05) is 31.3 Å². The number of benzene rings is 2. The van der Waals surface area contributed by atoms with Gasteiger partial charge in [-0.1, -0.05) is 25.2 Å². The highest BCUT2D eigenvalue weighted by atomic mass is 32.2. The van der Waals surface area contributed by atoms with E-state index in [9.17, 15) is 22.0 Å². The van der Waals surface area contributed by atoms with Gasteiger partial charge in [-0.05, 0) is 55.5 Å². The molecule has 33 heavy (non-hydrogen) atoms. The second-order valence-electron chi connectivity index (χ2n) is 8.32. The number of piperidine rings is 1. The van der Waals surface area contributed by atoms with Gasteiger partial charge in [-0.2, -0.15) is 9.30 Å². The summed E-state index contributed by atoms with van der Waals surface area (Å²) in [6.07, 6.45) is 2.51. The Morgan fingerprint density at radius 2 is 1.94 bits per heavy atom. The summed E-state index contributed by atoms with van der Waals surface area (Å²) in [5, 5.41) is 0. The lowest BCUT2D eigenvalue weighted by Gasteiger charge is -2.30. The Hall–Kier alpha value is -2.43. The SMILES string of the molecule is CCCn1c(=NC(=O)c2ccc(S(=O)(=O)N3CCCC(C)C3)cc2)sc2cc(F)cc(F)c21. The molecule has 0 saturated carbocycles. The zero-order valence-corrected chi connectivity index (χ0v) is 20.1. The van der Waals surface area contributed by atoms with Gasteiger partial charge in [-0.15, -0.1) is 0 Å². The molecule has 1 amide bonds. The lowest BCUT2D eigenvalue weighted by molar-refractivity contribution is 0.0997. The van der Waals surface area contributed by atoms with Crippen LogP contribution in [0.2, 0.25) is 0 Å². The van der Waals surface area contributed by atoms with Crippen molar-refractivity contribution in [2.75, 3.05) is 13.1 Å². The summed E-state index contributed by atoms with van der Waals surface area (Å²) in [6.45, 7) is 5.33. The summed E-state index contributed by atoms with van der Waals surface area (Å²) in [6, 6.07) is 7.73. The molecule has 4 rings (SSSR count).